The number of likely N-dealkylation sites (N-methyl/N-ethyl adjacent to an activating group) is 1. The van der Waals surface area contributed by atoms with Crippen LogP contribution in [0.5, 0.6) is 0 Å². The Morgan fingerprint density at radius 1 is 1.50 bits per heavy atom. The molecule has 0 aliphatic carbocycles. The van der Waals surface area contributed by atoms with E-state index >= 15 is 0 Å². The quantitative estimate of drug-likeness (QED) is 0.635. The van der Waals surface area contributed by atoms with Crippen molar-refractivity contribution in [2.24, 2.45) is 0 Å². The highest BCUT2D eigenvalue weighted by atomic mass is 14.8. The molecule has 1 heteroatoms. The molecule has 0 atom stereocenters. The molecule has 0 saturated heterocycles. The molecule has 1 N–H and O–H groups in total. The second kappa shape index (κ2) is 10.0. The van der Waals surface area contributed by atoms with Crippen molar-refractivity contribution in [3.05, 3.63) is 36.6 Å². The lowest BCUT2D eigenvalue weighted by Crippen LogP contribution is -2.06. The number of hydrogen-bond donors (Lipinski definition) is 1. The molecule has 12 heavy (non-hydrogen) atoms. The summed E-state index contributed by atoms with van der Waals surface area (Å²) in [6.45, 7) is 13.6. The molecule has 0 aliphatic rings. The molecule has 0 aromatic rings. The Morgan fingerprint density at radius 3 is 2.25 bits per heavy atom. The standard InChI is InChI=1S/C9H15N.C2H6.H2/c1-5-7-9(10-4)8(3)6-2;1-2;/h5,7,10H,1,3,6H2,2,4H3;1-2H3;1H/b9-7+;;. The van der Waals surface area contributed by atoms with E-state index < -0.39 is 0 Å². The van der Waals surface area contributed by atoms with E-state index in [0.29, 0.717) is 0 Å². The van der Waals surface area contributed by atoms with Gasteiger partial charge in [0.05, 0.1) is 0 Å². The van der Waals surface area contributed by atoms with Crippen LogP contribution < -0.4 is 5.32 Å². The van der Waals surface area contributed by atoms with Crippen molar-refractivity contribution in [3.63, 3.8) is 0 Å². The summed E-state index contributed by atoms with van der Waals surface area (Å²) in [5.74, 6) is 0. The lowest BCUT2D eigenvalue weighted by atomic mass is 10.1. The van der Waals surface area contributed by atoms with E-state index in [1.54, 1.807) is 6.08 Å². The van der Waals surface area contributed by atoms with Crippen molar-refractivity contribution in [3.8, 4) is 0 Å². The first kappa shape index (κ1) is 13.6. The molecule has 0 aromatic heterocycles. The predicted octanol–water partition coefficient (Wildman–Crippen LogP) is 3.51. The second-order valence-corrected chi connectivity index (χ2v) is 2.02. The van der Waals surface area contributed by atoms with Gasteiger partial charge in [-0.25, -0.2) is 0 Å². The molecule has 1 nitrogen and oxygen atoms in total. The number of rotatable bonds is 4. The van der Waals surface area contributed by atoms with Crippen LogP contribution in [0.15, 0.2) is 36.6 Å². The molecule has 0 saturated carbocycles. The molecule has 0 fully saturated rings. The Morgan fingerprint density at radius 2 is 2.00 bits per heavy atom. The van der Waals surface area contributed by atoms with Gasteiger partial charge in [0.1, 0.15) is 0 Å². The van der Waals surface area contributed by atoms with Gasteiger partial charge in [-0.15, -0.1) is 0 Å². The Labute approximate surface area is 78.4 Å². The fraction of sp³-hybridized carbons (Fsp3) is 0.455. The first-order valence-electron chi connectivity index (χ1n) is 4.44. The highest BCUT2D eigenvalue weighted by Gasteiger charge is 1.93. The highest BCUT2D eigenvalue weighted by molar-refractivity contribution is 5.28. The topological polar surface area (TPSA) is 12.0 Å². The predicted molar refractivity (Wildman–Crippen MR) is 60.2 cm³/mol. The van der Waals surface area contributed by atoms with Crippen LogP contribution in [0.1, 0.15) is 28.6 Å². The van der Waals surface area contributed by atoms with Crippen molar-refractivity contribution in [2.75, 3.05) is 7.05 Å². The fourth-order valence-corrected chi connectivity index (χ4v) is 0.686. The van der Waals surface area contributed by atoms with Gasteiger partial charge in [0.25, 0.3) is 0 Å². The molecular formula is C11H23N. The number of nitrogens with one attached hydrogen (secondary N) is 1. The number of allylic oxidation sites excluding steroid dienone is 3. The molecule has 0 rings (SSSR count). The third kappa shape index (κ3) is 5.78. The minimum atomic E-state index is 0. The lowest BCUT2D eigenvalue weighted by Gasteiger charge is -2.05. The van der Waals surface area contributed by atoms with Gasteiger partial charge in [-0.1, -0.05) is 40.0 Å². The van der Waals surface area contributed by atoms with Gasteiger partial charge in [0, 0.05) is 14.2 Å². The zero-order valence-corrected chi connectivity index (χ0v) is 8.78. The van der Waals surface area contributed by atoms with Crippen LogP contribution in [0, 0.1) is 0 Å². The minimum Gasteiger partial charge on any atom is -0.388 e. The Balaban J connectivity index is -0.000000309. The molecule has 0 aliphatic heterocycles. The normalized spacial score (nSPS) is 9.50. The zero-order valence-electron chi connectivity index (χ0n) is 8.78. The van der Waals surface area contributed by atoms with Crippen LogP contribution in [0.4, 0.5) is 0 Å². The van der Waals surface area contributed by atoms with Gasteiger partial charge in [-0.2, -0.15) is 0 Å². The number of hydrogen-bond acceptors (Lipinski definition) is 1. The molecular weight excluding hydrogens is 146 g/mol. The van der Waals surface area contributed by atoms with Crippen LogP contribution in [-0.2, 0) is 0 Å². The molecule has 0 radical (unpaired) electrons. The first-order valence-corrected chi connectivity index (χ1v) is 4.44. The van der Waals surface area contributed by atoms with Gasteiger partial charge < -0.3 is 5.32 Å². The van der Waals surface area contributed by atoms with Gasteiger partial charge in [-0.05, 0) is 18.1 Å². The van der Waals surface area contributed by atoms with Crippen LogP contribution in [0.25, 0.3) is 0 Å². The minimum absolute atomic E-state index is 0. The van der Waals surface area contributed by atoms with E-state index in [1.165, 1.54) is 0 Å². The van der Waals surface area contributed by atoms with E-state index in [9.17, 15) is 0 Å². The second-order valence-electron chi connectivity index (χ2n) is 2.02. The fourth-order valence-electron chi connectivity index (χ4n) is 0.686. The summed E-state index contributed by atoms with van der Waals surface area (Å²) >= 11 is 0. The molecule has 0 heterocycles. The Kier molecular flexibility index (Phi) is 11.4. The third-order valence-electron chi connectivity index (χ3n) is 1.36. The Hall–Kier alpha value is -0.980. The van der Waals surface area contributed by atoms with E-state index in [1.807, 2.05) is 27.0 Å². The summed E-state index contributed by atoms with van der Waals surface area (Å²) in [7, 11) is 1.89. The maximum atomic E-state index is 3.88. The van der Waals surface area contributed by atoms with Crippen LogP contribution in [-0.4, -0.2) is 7.05 Å². The van der Waals surface area contributed by atoms with Gasteiger partial charge >= 0.3 is 0 Å². The van der Waals surface area contributed by atoms with Crippen LogP contribution in [0.3, 0.4) is 0 Å². The summed E-state index contributed by atoms with van der Waals surface area (Å²) in [4.78, 5) is 0. The monoisotopic (exact) mass is 169 g/mol. The summed E-state index contributed by atoms with van der Waals surface area (Å²) in [6.07, 6.45) is 4.65. The van der Waals surface area contributed by atoms with E-state index in [2.05, 4.69) is 25.4 Å². The Bertz CT molecular complexity index is 159. The van der Waals surface area contributed by atoms with Crippen LogP contribution in [0.2, 0.25) is 0 Å². The maximum absolute atomic E-state index is 3.88. The third-order valence-corrected chi connectivity index (χ3v) is 1.36. The van der Waals surface area contributed by atoms with Crippen molar-refractivity contribution >= 4 is 0 Å². The van der Waals surface area contributed by atoms with E-state index in [-0.39, 0.29) is 1.43 Å². The average Bonchev–Trinajstić information content (AvgIpc) is 2.16. The van der Waals surface area contributed by atoms with Crippen molar-refractivity contribution in [1.82, 2.24) is 5.32 Å². The van der Waals surface area contributed by atoms with Crippen molar-refractivity contribution in [1.29, 1.82) is 0 Å². The maximum Gasteiger partial charge on any atom is 0.0363 e. The summed E-state index contributed by atoms with van der Waals surface area (Å²) in [5.41, 5.74) is 2.18. The first-order chi connectivity index (χ1) is 5.76. The molecule has 0 aromatic carbocycles. The summed E-state index contributed by atoms with van der Waals surface area (Å²) in [6, 6.07) is 0. The van der Waals surface area contributed by atoms with E-state index in [0.717, 1.165) is 17.7 Å². The summed E-state index contributed by atoms with van der Waals surface area (Å²) < 4.78 is 0. The van der Waals surface area contributed by atoms with E-state index in [4.69, 9.17) is 0 Å². The zero-order chi connectivity index (χ0) is 9.98. The van der Waals surface area contributed by atoms with Crippen LogP contribution >= 0.6 is 0 Å². The van der Waals surface area contributed by atoms with Crippen molar-refractivity contribution < 1.29 is 1.43 Å². The molecule has 0 bridgehead atoms. The molecule has 0 amide bonds. The average molecular weight is 169 g/mol. The SMILES string of the molecule is C=C/C=C(/NC)C(=C)CC.CC.[HH]. The van der Waals surface area contributed by atoms with Gasteiger partial charge in [-0.3, -0.25) is 0 Å². The summed E-state index contributed by atoms with van der Waals surface area (Å²) in [5, 5.41) is 3.04. The molecule has 0 spiro atoms. The molecule has 72 valence electrons. The highest BCUT2D eigenvalue weighted by Crippen LogP contribution is 2.06. The lowest BCUT2D eigenvalue weighted by molar-refractivity contribution is 0.958. The van der Waals surface area contributed by atoms with Crippen molar-refractivity contribution in [2.45, 2.75) is 27.2 Å². The smallest absolute Gasteiger partial charge is 0.0363 e. The molecule has 0 unspecified atom stereocenters. The van der Waals surface area contributed by atoms with Gasteiger partial charge in [0.2, 0.25) is 0 Å². The largest absolute Gasteiger partial charge is 0.388 e. The van der Waals surface area contributed by atoms with Gasteiger partial charge in [0.15, 0.2) is 0 Å².